The van der Waals surface area contributed by atoms with Crippen molar-refractivity contribution in [1.29, 1.82) is 5.26 Å². The minimum atomic E-state index is -0.527. The molecule has 1 unspecified atom stereocenters. The minimum absolute atomic E-state index is 0.527. The monoisotopic (exact) mass is 331 g/mol. The van der Waals surface area contributed by atoms with Crippen molar-refractivity contribution in [3.8, 4) is 6.07 Å². The molecule has 1 nitrogen and oxygen atoms in total. The largest absolute Gasteiger partial charge is 0.197 e. The van der Waals surface area contributed by atoms with E-state index in [0.29, 0.717) is 5.02 Å². The fraction of sp³-hybridized carbons (Fsp3) is 0.188. The van der Waals surface area contributed by atoms with Gasteiger partial charge in [0, 0.05) is 9.50 Å². The molecule has 1 aliphatic rings. The lowest BCUT2D eigenvalue weighted by Crippen LogP contribution is -2.22. The summed E-state index contributed by atoms with van der Waals surface area (Å²) in [4.78, 5) is 0. The van der Waals surface area contributed by atoms with Crippen LogP contribution in [-0.2, 0) is 11.8 Å². The molecule has 1 aliphatic carbocycles. The summed E-state index contributed by atoms with van der Waals surface area (Å²) in [7, 11) is 0. The Kier molecular flexibility index (Phi) is 3.12. The highest BCUT2D eigenvalue weighted by Crippen LogP contribution is 2.44. The normalized spacial score (nSPS) is 20.9. The molecule has 0 fully saturated rings. The van der Waals surface area contributed by atoms with E-state index in [1.54, 1.807) is 0 Å². The van der Waals surface area contributed by atoms with E-state index in [-0.39, 0.29) is 0 Å². The first-order chi connectivity index (χ1) is 9.15. The van der Waals surface area contributed by atoms with E-state index in [9.17, 15) is 5.26 Å². The Balaban J connectivity index is 2.18. The summed E-state index contributed by atoms with van der Waals surface area (Å²) >= 11 is 9.43. The second kappa shape index (κ2) is 4.67. The lowest BCUT2D eigenvalue weighted by atomic mass is 9.77. The summed E-state index contributed by atoms with van der Waals surface area (Å²) in [6.45, 7) is 0. The average Bonchev–Trinajstić information content (AvgIpc) is 2.78. The maximum Gasteiger partial charge on any atom is 0.108 e. The molecular weight excluding hydrogens is 322 g/mol. The van der Waals surface area contributed by atoms with Gasteiger partial charge in [0.2, 0.25) is 0 Å². The molecule has 0 saturated heterocycles. The molecule has 0 spiro atoms. The molecule has 0 aliphatic heterocycles. The first kappa shape index (κ1) is 12.7. The van der Waals surface area contributed by atoms with Crippen LogP contribution in [0.1, 0.15) is 23.1 Å². The number of aryl methyl sites for hydroxylation is 1. The van der Waals surface area contributed by atoms with Crippen LogP contribution in [0.15, 0.2) is 46.9 Å². The molecule has 1 atom stereocenters. The number of rotatable bonds is 1. The van der Waals surface area contributed by atoms with Gasteiger partial charge in [-0.25, -0.2) is 0 Å². The Morgan fingerprint density at radius 1 is 1.16 bits per heavy atom. The third-order valence-electron chi connectivity index (χ3n) is 3.82. The average molecular weight is 333 g/mol. The molecule has 0 amide bonds. The summed E-state index contributed by atoms with van der Waals surface area (Å²) in [5.74, 6) is 0. The second-order valence-electron chi connectivity index (χ2n) is 4.83. The summed E-state index contributed by atoms with van der Waals surface area (Å²) in [5, 5.41) is 10.5. The van der Waals surface area contributed by atoms with Gasteiger partial charge in [-0.15, -0.1) is 0 Å². The zero-order chi connectivity index (χ0) is 13.5. The molecule has 94 valence electrons. The fourth-order valence-electron chi connectivity index (χ4n) is 2.86. The second-order valence-corrected chi connectivity index (χ2v) is 6.18. The van der Waals surface area contributed by atoms with Gasteiger partial charge in [0.25, 0.3) is 0 Å². The molecule has 0 N–H and O–H groups in total. The van der Waals surface area contributed by atoms with Gasteiger partial charge < -0.3 is 0 Å². The number of hydrogen-bond donors (Lipinski definition) is 0. The van der Waals surface area contributed by atoms with E-state index in [4.69, 9.17) is 11.6 Å². The van der Waals surface area contributed by atoms with Crippen LogP contribution in [0.5, 0.6) is 0 Å². The number of halogens is 2. The van der Waals surface area contributed by atoms with Crippen molar-refractivity contribution in [2.45, 2.75) is 18.3 Å². The predicted octanol–water partition coefficient (Wildman–Crippen LogP) is 4.86. The molecular formula is C16H11BrClN. The van der Waals surface area contributed by atoms with E-state index in [1.807, 2.05) is 30.3 Å². The molecule has 0 saturated carbocycles. The highest BCUT2D eigenvalue weighted by Gasteiger charge is 2.40. The third kappa shape index (κ3) is 1.98. The molecule has 0 heterocycles. The van der Waals surface area contributed by atoms with Crippen LogP contribution in [-0.4, -0.2) is 0 Å². The molecule has 0 bridgehead atoms. The van der Waals surface area contributed by atoms with Crippen LogP contribution in [0.3, 0.4) is 0 Å². The Hall–Kier alpha value is -1.30. The van der Waals surface area contributed by atoms with Crippen LogP contribution in [0.2, 0.25) is 5.02 Å². The summed E-state index contributed by atoms with van der Waals surface area (Å²) in [6, 6.07) is 16.3. The lowest BCUT2D eigenvalue weighted by Gasteiger charge is -2.23. The van der Waals surface area contributed by atoms with E-state index in [2.05, 4.69) is 34.1 Å². The molecule has 0 aromatic heterocycles. The van der Waals surface area contributed by atoms with Crippen molar-refractivity contribution in [2.24, 2.45) is 0 Å². The molecule has 3 heteroatoms. The third-order valence-corrected chi connectivity index (χ3v) is 4.57. The first-order valence-corrected chi connectivity index (χ1v) is 7.29. The van der Waals surface area contributed by atoms with Gasteiger partial charge in [-0.2, -0.15) is 5.26 Å². The molecule has 2 aromatic rings. The SMILES string of the molecule is N#CC1(c2ccc(Cl)cc2)CCc2cc(Br)ccc21. The van der Waals surface area contributed by atoms with Gasteiger partial charge in [-0.3, -0.25) is 0 Å². The van der Waals surface area contributed by atoms with Gasteiger partial charge in [-0.1, -0.05) is 45.7 Å². The highest BCUT2D eigenvalue weighted by atomic mass is 79.9. The Morgan fingerprint density at radius 3 is 2.58 bits per heavy atom. The Morgan fingerprint density at radius 2 is 1.89 bits per heavy atom. The van der Waals surface area contributed by atoms with Crippen molar-refractivity contribution >= 4 is 27.5 Å². The smallest absolute Gasteiger partial charge is 0.108 e. The van der Waals surface area contributed by atoms with Crippen LogP contribution in [0, 0.1) is 11.3 Å². The molecule has 3 rings (SSSR count). The Bertz CT molecular complexity index is 672. The van der Waals surface area contributed by atoms with Crippen molar-refractivity contribution < 1.29 is 0 Å². The summed E-state index contributed by atoms with van der Waals surface area (Å²) in [6.07, 6.45) is 1.77. The molecule has 2 aromatic carbocycles. The maximum atomic E-state index is 9.76. The van der Waals surface area contributed by atoms with Crippen LogP contribution >= 0.6 is 27.5 Å². The fourth-order valence-corrected chi connectivity index (χ4v) is 3.39. The molecule has 19 heavy (non-hydrogen) atoms. The van der Waals surface area contributed by atoms with Gasteiger partial charge in [0.1, 0.15) is 5.41 Å². The zero-order valence-electron chi connectivity index (χ0n) is 10.2. The van der Waals surface area contributed by atoms with Crippen LogP contribution in [0.4, 0.5) is 0 Å². The summed E-state index contributed by atoms with van der Waals surface area (Å²) in [5.41, 5.74) is 2.88. The van der Waals surface area contributed by atoms with Gasteiger partial charge >= 0.3 is 0 Å². The standard InChI is InChI=1S/C16H11BrClN/c17-13-3-6-15-11(9-13)7-8-16(15,10-19)12-1-4-14(18)5-2-12/h1-6,9H,7-8H2. The quantitative estimate of drug-likeness (QED) is 0.731. The van der Waals surface area contributed by atoms with Gasteiger partial charge in [0.15, 0.2) is 0 Å². The number of benzene rings is 2. The van der Waals surface area contributed by atoms with Gasteiger partial charge in [0.05, 0.1) is 6.07 Å². The molecule has 0 radical (unpaired) electrons. The highest BCUT2D eigenvalue weighted by molar-refractivity contribution is 9.10. The number of nitrogens with zero attached hydrogens (tertiary/aromatic N) is 1. The van der Waals surface area contributed by atoms with E-state index < -0.39 is 5.41 Å². The van der Waals surface area contributed by atoms with Crippen LogP contribution < -0.4 is 0 Å². The number of hydrogen-bond acceptors (Lipinski definition) is 1. The zero-order valence-corrected chi connectivity index (χ0v) is 12.5. The lowest BCUT2D eigenvalue weighted by molar-refractivity contribution is 0.648. The maximum absolute atomic E-state index is 9.76. The summed E-state index contributed by atoms with van der Waals surface area (Å²) < 4.78 is 1.07. The van der Waals surface area contributed by atoms with Crippen LogP contribution in [0.25, 0.3) is 0 Å². The van der Waals surface area contributed by atoms with E-state index in [0.717, 1.165) is 28.4 Å². The number of nitriles is 1. The number of fused-ring (bicyclic) bond motifs is 1. The van der Waals surface area contributed by atoms with Gasteiger partial charge in [-0.05, 0) is 53.8 Å². The van der Waals surface area contributed by atoms with Crippen molar-refractivity contribution in [3.63, 3.8) is 0 Å². The van der Waals surface area contributed by atoms with E-state index >= 15 is 0 Å². The topological polar surface area (TPSA) is 23.8 Å². The van der Waals surface area contributed by atoms with Crippen molar-refractivity contribution in [1.82, 2.24) is 0 Å². The van der Waals surface area contributed by atoms with Crippen molar-refractivity contribution in [2.75, 3.05) is 0 Å². The van der Waals surface area contributed by atoms with Crippen molar-refractivity contribution in [3.05, 3.63) is 68.7 Å². The Labute approximate surface area is 126 Å². The first-order valence-electron chi connectivity index (χ1n) is 6.12. The van der Waals surface area contributed by atoms with E-state index in [1.165, 1.54) is 5.56 Å². The minimum Gasteiger partial charge on any atom is -0.197 e. The predicted molar refractivity (Wildman–Crippen MR) is 80.3 cm³/mol.